The van der Waals surface area contributed by atoms with E-state index in [0.717, 1.165) is 27.8 Å². The van der Waals surface area contributed by atoms with Gasteiger partial charge in [0.2, 0.25) is 0 Å². The molecule has 2 aromatic rings. The van der Waals surface area contributed by atoms with Gasteiger partial charge in [-0.25, -0.2) is 0 Å². The van der Waals surface area contributed by atoms with Crippen molar-refractivity contribution < 1.29 is 4.92 Å². The number of non-ortho nitro benzene ring substituents is 1. The van der Waals surface area contributed by atoms with Crippen LogP contribution in [0.1, 0.15) is 22.5 Å². The Hall–Kier alpha value is -1.62. The number of aryl methyl sites for hydroxylation is 1. The molecular weight excluding hydrogens is 296 g/mol. The van der Waals surface area contributed by atoms with Crippen molar-refractivity contribution >= 4 is 21.6 Å². The van der Waals surface area contributed by atoms with Gasteiger partial charge in [0, 0.05) is 34.4 Å². The maximum absolute atomic E-state index is 10.6. The smallest absolute Gasteiger partial charge is 0.269 e. The van der Waals surface area contributed by atoms with Crippen molar-refractivity contribution in [1.82, 2.24) is 4.98 Å². The number of aromatic nitrogens is 1. The third-order valence-corrected chi connectivity index (χ3v) is 4.17. The molecule has 0 atom stereocenters. The van der Waals surface area contributed by atoms with Gasteiger partial charge in [-0.2, -0.15) is 0 Å². The summed E-state index contributed by atoms with van der Waals surface area (Å²) in [5, 5.41) is 10.6. The van der Waals surface area contributed by atoms with E-state index in [1.165, 1.54) is 17.7 Å². The first kappa shape index (κ1) is 12.8. The number of hydrogen-bond acceptors (Lipinski definition) is 2. The number of nitro benzene ring substituents is 1. The average Bonchev–Trinajstić information content (AvgIpc) is 2.58. The topological polar surface area (TPSA) is 58.9 Å². The van der Waals surface area contributed by atoms with Crippen molar-refractivity contribution in [1.29, 1.82) is 0 Å². The summed E-state index contributed by atoms with van der Waals surface area (Å²) in [7, 11) is 0. The lowest BCUT2D eigenvalue weighted by Gasteiger charge is -2.01. The normalized spacial score (nSPS) is 10.6. The maximum atomic E-state index is 10.6. The monoisotopic (exact) mass is 308 g/mol. The van der Waals surface area contributed by atoms with Crippen LogP contribution in [0.25, 0.3) is 0 Å². The molecule has 5 heteroatoms. The number of H-pyrrole nitrogens is 1. The minimum absolute atomic E-state index is 0.124. The SMILES string of the molecule is Cc1[nH]c(Cc2ccc([N+](=O)[O-])cc2)c(C)c1Br. The molecule has 0 aliphatic heterocycles. The molecule has 18 heavy (non-hydrogen) atoms. The van der Waals surface area contributed by atoms with E-state index < -0.39 is 0 Å². The zero-order valence-electron chi connectivity index (χ0n) is 10.2. The predicted molar refractivity (Wildman–Crippen MR) is 73.9 cm³/mol. The summed E-state index contributed by atoms with van der Waals surface area (Å²) in [4.78, 5) is 13.5. The van der Waals surface area contributed by atoms with Crippen molar-refractivity contribution in [2.24, 2.45) is 0 Å². The van der Waals surface area contributed by atoms with Gasteiger partial charge in [0.25, 0.3) is 5.69 Å². The van der Waals surface area contributed by atoms with E-state index in [4.69, 9.17) is 0 Å². The zero-order valence-corrected chi connectivity index (χ0v) is 11.7. The summed E-state index contributed by atoms with van der Waals surface area (Å²) in [5.74, 6) is 0. The molecular formula is C13H13BrN2O2. The first-order valence-corrected chi connectivity index (χ1v) is 6.35. The second-order valence-corrected chi connectivity index (χ2v) is 5.06. The molecule has 0 spiro atoms. The first-order valence-electron chi connectivity index (χ1n) is 5.56. The van der Waals surface area contributed by atoms with Gasteiger partial charge >= 0.3 is 0 Å². The molecule has 1 aromatic carbocycles. The first-order chi connectivity index (χ1) is 8.49. The molecule has 0 aliphatic carbocycles. The Morgan fingerprint density at radius 3 is 2.33 bits per heavy atom. The lowest BCUT2D eigenvalue weighted by Crippen LogP contribution is -1.92. The summed E-state index contributed by atoms with van der Waals surface area (Å²) in [6.45, 7) is 4.06. The fourth-order valence-electron chi connectivity index (χ4n) is 1.91. The fraction of sp³-hybridized carbons (Fsp3) is 0.231. The number of hydrogen-bond donors (Lipinski definition) is 1. The number of halogens is 1. The van der Waals surface area contributed by atoms with Gasteiger partial charge in [0.15, 0.2) is 0 Å². The Morgan fingerprint density at radius 1 is 1.28 bits per heavy atom. The van der Waals surface area contributed by atoms with Gasteiger partial charge in [-0.15, -0.1) is 0 Å². The second kappa shape index (κ2) is 4.94. The molecule has 0 amide bonds. The number of nitrogens with zero attached hydrogens (tertiary/aromatic N) is 1. The van der Waals surface area contributed by atoms with E-state index in [2.05, 4.69) is 20.9 Å². The Kier molecular flexibility index (Phi) is 3.52. The van der Waals surface area contributed by atoms with Crippen molar-refractivity contribution in [3.05, 3.63) is 61.4 Å². The van der Waals surface area contributed by atoms with Crippen LogP contribution >= 0.6 is 15.9 Å². The standard InChI is InChI=1S/C13H13BrN2O2/c1-8-12(15-9(2)13(8)14)7-10-3-5-11(6-4-10)16(17)18/h3-6,15H,7H2,1-2H3. The van der Waals surface area contributed by atoms with Crippen molar-refractivity contribution in [2.45, 2.75) is 20.3 Å². The van der Waals surface area contributed by atoms with Gasteiger partial charge < -0.3 is 4.98 Å². The van der Waals surface area contributed by atoms with E-state index in [0.29, 0.717) is 0 Å². The highest BCUT2D eigenvalue weighted by Gasteiger charge is 2.10. The van der Waals surface area contributed by atoms with Gasteiger partial charge in [0.05, 0.1) is 4.92 Å². The lowest BCUT2D eigenvalue weighted by molar-refractivity contribution is -0.384. The molecule has 4 nitrogen and oxygen atoms in total. The van der Waals surface area contributed by atoms with Crippen LogP contribution in [0, 0.1) is 24.0 Å². The Morgan fingerprint density at radius 2 is 1.89 bits per heavy atom. The van der Waals surface area contributed by atoms with Gasteiger partial charge in [-0.05, 0) is 40.9 Å². The average molecular weight is 309 g/mol. The third kappa shape index (κ3) is 2.46. The molecule has 0 saturated carbocycles. The van der Waals surface area contributed by atoms with E-state index in [-0.39, 0.29) is 10.6 Å². The van der Waals surface area contributed by atoms with Crippen LogP contribution in [0.5, 0.6) is 0 Å². The summed E-state index contributed by atoms with van der Waals surface area (Å²) in [6, 6.07) is 6.66. The van der Waals surface area contributed by atoms with Crippen molar-refractivity contribution in [3.63, 3.8) is 0 Å². The molecule has 1 aromatic heterocycles. The predicted octanol–water partition coefficient (Wildman–Crippen LogP) is 3.89. The second-order valence-electron chi connectivity index (χ2n) is 4.27. The number of nitro groups is 1. The summed E-state index contributed by atoms with van der Waals surface area (Å²) >= 11 is 3.52. The molecule has 0 radical (unpaired) electrons. The molecule has 0 aliphatic rings. The van der Waals surface area contributed by atoms with Crippen LogP contribution in [0.4, 0.5) is 5.69 Å². The molecule has 0 fully saturated rings. The van der Waals surface area contributed by atoms with Crippen LogP contribution < -0.4 is 0 Å². The molecule has 0 saturated heterocycles. The maximum Gasteiger partial charge on any atom is 0.269 e. The van der Waals surface area contributed by atoms with Gasteiger partial charge in [0.1, 0.15) is 0 Å². The molecule has 0 unspecified atom stereocenters. The molecule has 1 heterocycles. The van der Waals surface area contributed by atoms with Crippen LogP contribution in [-0.2, 0) is 6.42 Å². The number of rotatable bonds is 3. The minimum Gasteiger partial charge on any atom is -0.361 e. The van der Waals surface area contributed by atoms with Crippen LogP contribution in [-0.4, -0.2) is 9.91 Å². The summed E-state index contributed by atoms with van der Waals surface area (Å²) in [6.07, 6.45) is 0.746. The Balaban J connectivity index is 2.23. The summed E-state index contributed by atoms with van der Waals surface area (Å²) in [5.41, 5.74) is 4.60. The fourth-order valence-corrected chi connectivity index (χ4v) is 2.24. The zero-order chi connectivity index (χ0) is 13.3. The third-order valence-electron chi connectivity index (χ3n) is 2.98. The van der Waals surface area contributed by atoms with E-state index in [1.54, 1.807) is 12.1 Å². The van der Waals surface area contributed by atoms with E-state index >= 15 is 0 Å². The Labute approximate surface area is 113 Å². The quantitative estimate of drug-likeness (QED) is 0.690. The molecule has 1 N–H and O–H groups in total. The highest BCUT2D eigenvalue weighted by Crippen LogP contribution is 2.25. The molecule has 94 valence electrons. The summed E-state index contributed by atoms with van der Waals surface area (Å²) < 4.78 is 1.10. The highest BCUT2D eigenvalue weighted by atomic mass is 79.9. The van der Waals surface area contributed by atoms with Crippen molar-refractivity contribution in [2.75, 3.05) is 0 Å². The molecule has 2 rings (SSSR count). The number of aromatic amines is 1. The molecule has 0 bridgehead atoms. The van der Waals surface area contributed by atoms with E-state index in [1.807, 2.05) is 13.8 Å². The lowest BCUT2D eigenvalue weighted by atomic mass is 10.1. The van der Waals surface area contributed by atoms with E-state index in [9.17, 15) is 10.1 Å². The van der Waals surface area contributed by atoms with Gasteiger partial charge in [-0.3, -0.25) is 10.1 Å². The highest BCUT2D eigenvalue weighted by molar-refractivity contribution is 9.10. The Bertz CT molecular complexity index is 588. The van der Waals surface area contributed by atoms with Crippen LogP contribution in [0.3, 0.4) is 0 Å². The minimum atomic E-state index is -0.385. The number of benzene rings is 1. The number of nitrogens with one attached hydrogen (secondary N) is 1. The van der Waals surface area contributed by atoms with Crippen LogP contribution in [0.2, 0.25) is 0 Å². The van der Waals surface area contributed by atoms with Crippen molar-refractivity contribution in [3.8, 4) is 0 Å². The van der Waals surface area contributed by atoms with Gasteiger partial charge in [-0.1, -0.05) is 12.1 Å². The van der Waals surface area contributed by atoms with Crippen LogP contribution in [0.15, 0.2) is 28.7 Å². The largest absolute Gasteiger partial charge is 0.361 e.